The van der Waals surface area contributed by atoms with E-state index in [4.69, 9.17) is 18.5 Å². The molecule has 0 aromatic heterocycles. The average molecular weight is 863 g/mol. The predicted octanol–water partition coefficient (Wildman–Crippen LogP) is 15.9. The van der Waals surface area contributed by atoms with Gasteiger partial charge in [-0.05, 0) is 84.0 Å². The normalized spacial score (nSPS) is 13.7. The topological polar surface area (TPSA) is 108 Å². The summed E-state index contributed by atoms with van der Waals surface area (Å²) in [5, 5.41) is 0. The summed E-state index contributed by atoms with van der Waals surface area (Å²) in [6, 6.07) is 0. The molecular formula is C51H91O8P. The van der Waals surface area contributed by atoms with Gasteiger partial charge in [-0.25, -0.2) is 4.57 Å². The molecule has 8 nitrogen and oxygen atoms in total. The first-order valence-corrected chi connectivity index (χ1v) is 26.1. The molecule has 0 aliphatic rings. The number of hydrogen-bond donors (Lipinski definition) is 1. The van der Waals surface area contributed by atoms with Crippen LogP contribution >= 0.6 is 7.82 Å². The van der Waals surface area contributed by atoms with Crippen molar-refractivity contribution in [3.63, 3.8) is 0 Å². The number of carbonyl (C=O) groups excluding carboxylic acids is 2. The van der Waals surface area contributed by atoms with Gasteiger partial charge in [0.1, 0.15) is 6.61 Å². The quantitative estimate of drug-likeness (QED) is 0.0279. The van der Waals surface area contributed by atoms with E-state index in [1.54, 1.807) is 6.92 Å². The van der Waals surface area contributed by atoms with Crippen molar-refractivity contribution in [3.05, 3.63) is 60.8 Å². The molecule has 1 N–H and O–H groups in total. The highest BCUT2D eigenvalue weighted by Crippen LogP contribution is 2.43. The van der Waals surface area contributed by atoms with Crippen molar-refractivity contribution in [2.24, 2.45) is 0 Å². The second kappa shape index (κ2) is 46.3. The van der Waals surface area contributed by atoms with Gasteiger partial charge in [-0.2, -0.15) is 0 Å². The third-order valence-corrected chi connectivity index (χ3v) is 11.4. The van der Waals surface area contributed by atoms with E-state index >= 15 is 0 Å². The predicted molar refractivity (Wildman–Crippen MR) is 253 cm³/mol. The molecule has 0 spiro atoms. The molecule has 0 heterocycles. The number of rotatable bonds is 45. The van der Waals surface area contributed by atoms with E-state index in [0.29, 0.717) is 6.42 Å². The minimum atomic E-state index is -4.29. The highest BCUT2D eigenvalue weighted by atomic mass is 31.2. The van der Waals surface area contributed by atoms with Crippen LogP contribution in [-0.4, -0.2) is 42.8 Å². The van der Waals surface area contributed by atoms with Gasteiger partial charge >= 0.3 is 19.8 Å². The molecule has 0 saturated heterocycles. The van der Waals surface area contributed by atoms with Crippen LogP contribution in [-0.2, 0) is 32.7 Å². The summed E-state index contributed by atoms with van der Waals surface area (Å²) in [5.41, 5.74) is 0. The van der Waals surface area contributed by atoms with Gasteiger partial charge in [0.05, 0.1) is 13.2 Å². The molecular weight excluding hydrogens is 772 g/mol. The van der Waals surface area contributed by atoms with E-state index in [1.165, 1.54) is 116 Å². The first kappa shape index (κ1) is 57.8. The van der Waals surface area contributed by atoms with Crippen LogP contribution in [0.15, 0.2) is 60.8 Å². The minimum Gasteiger partial charge on any atom is -0.462 e. The lowest BCUT2D eigenvalue weighted by Gasteiger charge is -2.19. The zero-order valence-electron chi connectivity index (χ0n) is 38.9. The van der Waals surface area contributed by atoms with Crippen LogP contribution < -0.4 is 0 Å². The van der Waals surface area contributed by atoms with Gasteiger partial charge in [0.15, 0.2) is 6.10 Å². The Hall–Kier alpha value is -2.25. The maximum atomic E-state index is 12.6. The number of unbranched alkanes of at least 4 members (excludes halogenated alkanes) is 23. The first-order chi connectivity index (χ1) is 29.3. The maximum absolute atomic E-state index is 12.6. The third kappa shape index (κ3) is 45.3. The van der Waals surface area contributed by atoms with Crippen molar-refractivity contribution in [1.82, 2.24) is 0 Å². The molecule has 0 aliphatic carbocycles. The largest absolute Gasteiger partial charge is 0.472 e. The lowest BCUT2D eigenvalue weighted by Crippen LogP contribution is -2.29. The second-order valence-corrected chi connectivity index (χ2v) is 17.5. The van der Waals surface area contributed by atoms with E-state index in [2.05, 4.69) is 74.6 Å². The Morgan fingerprint density at radius 2 is 0.850 bits per heavy atom. The summed E-state index contributed by atoms with van der Waals surface area (Å²) >= 11 is 0. The van der Waals surface area contributed by atoms with E-state index in [0.717, 1.165) is 70.6 Å². The number of hydrogen-bond acceptors (Lipinski definition) is 7. The minimum absolute atomic E-state index is 0.00281. The van der Waals surface area contributed by atoms with Crippen molar-refractivity contribution < 1.29 is 37.6 Å². The van der Waals surface area contributed by atoms with Crippen LogP contribution in [0.3, 0.4) is 0 Å². The van der Waals surface area contributed by atoms with Crippen LogP contribution in [0.25, 0.3) is 0 Å². The average Bonchev–Trinajstić information content (AvgIpc) is 3.23. The highest BCUT2D eigenvalue weighted by Gasteiger charge is 2.25. The highest BCUT2D eigenvalue weighted by molar-refractivity contribution is 7.47. The molecule has 9 heteroatoms. The van der Waals surface area contributed by atoms with Gasteiger partial charge in [-0.15, -0.1) is 0 Å². The molecule has 0 fully saturated rings. The molecule has 0 saturated carbocycles. The van der Waals surface area contributed by atoms with Crippen molar-refractivity contribution >= 4 is 19.8 Å². The Labute approximate surface area is 369 Å². The standard InChI is InChI=1S/C51H91O8P/c1-4-7-9-11-13-15-17-19-21-23-24-25-26-27-28-30-32-34-36-38-40-42-44-46-51(53)59-49(48-58-60(54,55)57-6-3)47-56-50(52)45-43-41-39-37-35-33-31-29-22-20-18-16-14-12-10-8-5-2/h7,9,13,15,19-22,24-25,49H,4-6,8,10-12,14,16-18,23,26-48H2,1-3H3,(H,54,55)/b9-7-,15-13-,21-19-,22-20-,25-24-. The van der Waals surface area contributed by atoms with Gasteiger partial charge < -0.3 is 14.4 Å². The summed E-state index contributed by atoms with van der Waals surface area (Å²) in [7, 11) is -4.29. The molecule has 2 unspecified atom stereocenters. The molecule has 348 valence electrons. The Balaban J connectivity index is 4.01. The van der Waals surface area contributed by atoms with Crippen molar-refractivity contribution in [3.8, 4) is 0 Å². The SMILES string of the molecule is CC/C=C\C/C=C\C/C=C\C/C=C\CCCCCCCCCCCCC(=O)OC(COC(=O)CCCCCCCCC/C=C\CCCCCCCC)COP(=O)(O)OCC. The number of carbonyl (C=O) groups is 2. The summed E-state index contributed by atoms with van der Waals surface area (Å²) < 4.78 is 32.8. The molecule has 60 heavy (non-hydrogen) atoms. The lowest BCUT2D eigenvalue weighted by atomic mass is 10.0. The van der Waals surface area contributed by atoms with Gasteiger partial charge in [0.25, 0.3) is 0 Å². The zero-order chi connectivity index (χ0) is 43.9. The fourth-order valence-electron chi connectivity index (χ4n) is 6.73. The van der Waals surface area contributed by atoms with Crippen LogP contribution in [0.4, 0.5) is 0 Å². The third-order valence-electron chi connectivity index (χ3n) is 10.3. The van der Waals surface area contributed by atoms with Crippen molar-refractivity contribution in [1.29, 1.82) is 0 Å². The Morgan fingerprint density at radius 1 is 0.467 bits per heavy atom. The van der Waals surface area contributed by atoms with E-state index in [9.17, 15) is 19.0 Å². The summed E-state index contributed by atoms with van der Waals surface area (Å²) in [6.07, 6.45) is 57.0. The Bertz CT molecular complexity index is 1160. The van der Waals surface area contributed by atoms with Gasteiger partial charge in [-0.1, -0.05) is 190 Å². The zero-order valence-corrected chi connectivity index (χ0v) is 39.7. The maximum Gasteiger partial charge on any atom is 0.472 e. The first-order valence-electron chi connectivity index (χ1n) is 24.6. The Kier molecular flexibility index (Phi) is 44.5. The van der Waals surface area contributed by atoms with Crippen LogP contribution in [0, 0.1) is 0 Å². The van der Waals surface area contributed by atoms with Gasteiger partial charge in [-0.3, -0.25) is 18.6 Å². The summed E-state index contributed by atoms with van der Waals surface area (Å²) in [6.45, 7) is 5.37. The molecule has 0 amide bonds. The number of phosphoric ester groups is 1. The fraction of sp³-hybridized carbons (Fsp3) is 0.765. The van der Waals surface area contributed by atoms with Crippen LogP contribution in [0.1, 0.15) is 226 Å². The lowest BCUT2D eigenvalue weighted by molar-refractivity contribution is -0.161. The monoisotopic (exact) mass is 863 g/mol. The smallest absolute Gasteiger partial charge is 0.462 e. The summed E-state index contributed by atoms with van der Waals surface area (Å²) in [4.78, 5) is 34.9. The molecule has 0 radical (unpaired) electrons. The molecule has 0 aliphatic heterocycles. The fourth-order valence-corrected chi connectivity index (χ4v) is 7.49. The molecule has 0 bridgehead atoms. The molecule has 0 aromatic rings. The van der Waals surface area contributed by atoms with E-state index in [1.807, 2.05) is 0 Å². The molecule has 2 atom stereocenters. The number of ether oxygens (including phenoxy) is 2. The van der Waals surface area contributed by atoms with Crippen molar-refractivity contribution in [2.75, 3.05) is 19.8 Å². The van der Waals surface area contributed by atoms with Crippen molar-refractivity contribution in [2.45, 2.75) is 232 Å². The Morgan fingerprint density at radius 3 is 1.30 bits per heavy atom. The number of allylic oxidation sites excluding steroid dienone is 10. The van der Waals surface area contributed by atoms with E-state index in [-0.39, 0.29) is 32.0 Å². The molecule has 0 aromatic carbocycles. The number of esters is 2. The van der Waals surface area contributed by atoms with Crippen LogP contribution in [0.5, 0.6) is 0 Å². The second-order valence-electron chi connectivity index (χ2n) is 16.1. The number of phosphoric acid groups is 1. The van der Waals surface area contributed by atoms with Gasteiger partial charge in [0, 0.05) is 12.8 Å². The summed E-state index contributed by atoms with van der Waals surface area (Å²) in [5.74, 6) is -0.805. The van der Waals surface area contributed by atoms with Crippen LogP contribution in [0.2, 0.25) is 0 Å². The molecule has 0 rings (SSSR count). The van der Waals surface area contributed by atoms with Gasteiger partial charge in [0.2, 0.25) is 0 Å². The van der Waals surface area contributed by atoms with E-state index < -0.39 is 26.5 Å².